The van der Waals surface area contributed by atoms with Gasteiger partial charge in [-0.05, 0) is 48.2 Å². The molecule has 1 N–H and O–H groups in total. The molecule has 4 aromatic rings. The van der Waals surface area contributed by atoms with E-state index in [-0.39, 0.29) is 11.8 Å². The van der Waals surface area contributed by atoms with Gasteiger partial charge in [-0.2, -0.15) is 0 Å². The Balaban J connectivity index is 1.54. The highest BCUT2D eigenvalue weighted by Gasteiger charge is 2.29. The number of anilines is 1. The van der Waals surface area contributed by atoms with Crippen LogP contribution in [-0.2, 0) is 11.2 Å². The van der Waals surface area contributed by atoms with Crippen molar-refractivity contribution in [3.63, 3.8) is 0 Å². The average molecular weight is 473 g/mol. The number of carbonyl (C=O) groups is 1. The Kier molecular flexibility index (Phi) is 7.26. The molecule has 0 saturated heterocycles. The van der Waals surface area contributed by atoms with Crippen molar-refractivity contribution in [2.75, 3.05) is 5.32 Å². The topological polar surface area (TPSA) is 42.0 Å². The van der Waals surface area contributed by atoms with Crippen LogP contribution in [0.3, 0.4) is 0 Å². The lowest BCUT2D eigenvalue weighted by Crippen LogP contribution is -2.43. The van der Waals surface area contributed by atoms with Crippen LogP contribution in [0.2, 0.25) is 24.2 Å². The Morgan fingerprint density at radius 3 is 2.42 bits per heavy atom. The third-order valence-corrected chi connectivity index (χ3v) is 9.92. The molecule has 168 valence electrons. The molecule has 0 radical (unpaired) electrons. The van der Waals surface area contributed by atoms with Crippen molar-refractivity contribution >= 4 is 47.4 Å². The van der Waals surface area contributed by atoms with Crippen LogP contribution in [0, 0.1) is 5.92 Å². The number of amides is 1. The van der Waals surface area contributed by atoms with Gasteiger partial charge in [-0.25, -0.2) is 0 Å². The third-order valence-electron chi connectivity index (χ3n) is 6.17. The van der Waals surface area contributed by atoms with E-state index in [2.05, 4.69) is 65.9 Å². The Morgan fingerprint density at radius 1 is 0.939 bits per heavy atom. The van der Waals surface area contributed by atoms with E-state index < -0.39 is 8.07 Å². The first kappa shape index (κ1) is 23.2. The number of halogens is 1. The normalized spacial score (nSPS) is 12.5. The minimum absolute atomic E-state index is 0.0324. The van der Waals surface area contributed by atoms with Crippen LogP contribution in [0.15, 0.2) is 91.1 Å². The number of nitrogens with one attached hydrogen (secondary N) is 1. The van der Waals surface area contributed by atoms with Gasteiger partial charge in [0.25, 0.3) is 0 Å². The van der Waals surface area contributed by atoms with Gasteiger partial charge in [0.1, 0.15) is 0 Å². The van der Waals surface area contributed by atoms with E-state index in [9.17, 15) is 4.79 Å². The number of para-hydroxylation sites is 1. The van der Waals surface area contributed by atoms with E-state index in [4.69, 9.17) is 11.6 Å². The number of hydrogen-bond donors (Lipinski definition) is 1. The van der Waals surface area contributed by atoms with Crippen molar-refractivity contribution in [2.24, 2.45) is 5.92 Å². The summed E-state index contributed by atoms with van der Waals surface area (Å²) in [4.78, 5) is 17.7. The first-order valence-corrected chi connectivity index (χ1v) is 14.9. The van der Waals surface area contributed by atoms with E-state index in [1.165, 1.54) is 10.8 Å². The molecular weight excluding hydrogens is 444 g/mol. The molecule has 0 bridgehead atoms. The molecule has 0 aliphatic heterocycles. The highest BCUT2D eigenvalue weighted by atomic mass is 35.5. The van der Waals surface area contributed by atoms with Crippen molar-refractivity contribution in [1.82, 2.24) is 4.98 Å². The number of hydrogen-bond acceptors (Lipinski definition) is 2. The van der Waals surface area contributed by atoms with Gasteiger partial charge in [-0.15, -0.1) is 0 Å². The highest BCUT2D eigenvalue weighted by Crippen LogP contribution is 2.27. The molecule has 3 nitrogen and oxygen atoms in total. The van der Waals surface area contributed by atoms with Crippen LogP contribution in [0.4, 0.5) is 5.69 Å². The SMILES string of the molecule is C[Si](C)(CC(CC(=O)Nc1cccc2cccnc12)Cc1ccc(Cl)cc1)c1ccccc1. The largest absolute Gasteiger partial charge is 0.324 e. The predicted molar refractivity (Wildman–Crippen MR) is 142 cm³/mol. The van der Waals surface area contributed by atoms with Crippen molar-refractivity contribution in [2.45, 2.75) is 32.0 Å². The lowest BCUT2D eigenvalue weighted by molar-refractivity contribution is -0.116. The molecule has 3 aromatic carbocycles. The van der Waals surface area contributed by atoms with Crippen LogP contribution >= 0.6 is 11.6 Å². The molecule has 5 heteroatoms. The number of aromatic nitrogens is 1. The lowest BCUT2D eigenvalue weighted by Gasteiger charge is -2.28. The minimum atomic E-state index is -1.73. The Morgan fingerprint density at radius 2 is 1.67 bits per heavy atom. The van der Waals surface area contributed by atoms with Crippen molar-refractivity contribution in [3.05, 3.63) is 102 Å². The molecule has 0 saturated carbocycles. The van der Waals surface area contributed by atoms with Crippen LogP contribution in [0.5, 0.6) is 0 Å². The fourth-order valence-corrected chi connectivity index (χ4v) is 7.76. The Hall–Kier alpha value is -2.95. The number of rotatable bonds is 8. The summed E-state index contributed by atoms with van der Waals surface area (Å²) >= 11 is 6.09. The summed E-state index contributed by atoms with van der Waals surface area (Å²) in [6.07, 6.45) is 3.08. The molecule has 1 amide bonds. The maximum atomic E-state index is 13.2. The summed E-state index contributed by atoms with van der Waals surface area (Å²) in [5.41, 5.74) is 2.80. The second-order valence-corrected chi connectivity index (χ2v) is 14.5. The van der Waals surface area contributed by atoms with Crippen molar-refractivity contribution in [3.8, 4) is 0 Å². The van der Waals surface area contributed by atoms with E-state index >= 15 is 0 Å². The van der Waals surface area contributed by atoms with Gasteiger partial charge in [0, 0.05) is 23.0 Å². The molecule has 4 rings (SSSR count). The summed E-state index contributed by atoms with van der Waals surface area (Å²) in [7, 11) is -1.73. The van der Waals surface area contributed by atoms with Gasteiger partial charge >= 0.3 is 0 Å². The van der Waals surface area contributed by atoms with Gasteiger partial charge in [-0.3, -0.25) is 9.78 Å². The molecule has 1 unspecified atom stereocenters. The fraction of sp³-hybridized carbons (Fsp3) is 0.214. The number of fused-ring (bicyclic) bond motifs is 1. The standard InChI is InChI=1S/C28H29ClN2OSi/c1-33(2,25-10-4-3-5-11-25)20-22(18-21-13-15-24(29)16-14-21)19-27(32)31-26-12-6-8-23-9-7-17-30-28(23)26/h3-17,22H,18-20H2,1-2H3,(H,31,32). The molecule has 0 fully saturated rings. The van der Waals surface area contributed by atoms with Crippen LogP contribution in [-0.4, -0.2) is 19.0 Å². The quantitative estimate of drug-likeness (QED) is 0.290. The Bertz CT molecular complexity index is 1220. The first-order chi connectivity index (χ1) is 15.9. The zero-order valence-corrected chi connectivity index (χ0v) is 20.8. The van der Waals surface area contributed by atoms with Crippen LogP contribution < -0.4 is 10.5 Å². The number of benzene rings is 3. The second-order valence-electron chi connectivity index (χ2n) is 9.28. The second kappa shape index (κ2) is 10.3. The summed E-state index contributed by atoms with van der Waals surface area (Å²) in [5, 5.41) is 6.30. The van der Waals surface area contributed by atoms with E-state index in [0.29, 0.717) is 6.42 Å². The molecule has 33 heavy (non-hydrogen) atoms. The highest BCUT2D eigenvalue weighted by molar-refractivity contribution is 6.89. The smallest absolute Gasteiger partial charge is 0.224 e. The maximum absolute atomic E-state index is 13.2. The maximum Gasteiger partial charge on any atom is 0.224 e. The number of nitrogens with zero attached hydrogens (tertiary/aromatic N) is 1. The van der Waals surface area contributed by atoms with Gasteiger partial charge in [-0.1, -0.05) is 90.5 Å². The average Bonchev–Trinajstić information content (AvgIpc) is 2.81. The fourth-order valence-electron chi connectivity index (χ4n) is 4.57. The molecule has 1 heterocycles. The lowest BCUT2D eigenvalue weighted by atomic mass is 9.97. The number of carbonyl (C=O) groups excluding carboxylic acids is 1. The van der Waals surface area contributed by atoms with E-state index in [0.717, 1.165) is 34.1 Å². The summed E-state index contributed by atoms with van der Waals surface area (Å²) in [5.74, 6) is 0.265. The van der Waals surface area contributed by atoms with Gasteiger partial charge in [0.2, 0.25) is 5.91 Å². The molecule has 0 aliphatic rings. The van der Waals surface area contributed by atoms with Crippen LogP contribution in [0.1, 0.15) is 12.0 Å². The number of pyridine rings is 1. The molecule has 1 aromatic heterocycles. The van der Waals surface area contributed by atoms with Crippen molar-refractivity contribution in [1.29, 1.82) is 0 Å². The van der Waals surface area contributed by atoms with Gasteiger partial charge in [0.05, 0.1) is 19.3 Å². The summed E-state index contributed by atoms with van der Waals surface area (Å²) < 4.78 is 0. The first-order valence-electron chi connectivity index (χ1n) is 11.3. The van der Waals surface area contributed by atoms with Gasteiger partial charge < -0.3 is 5.32 Å². The van der Waals surface area contributed by atoms with E-state index in [1.807, 2.05) is 42.5 Å². The minimum Gasteiger partial charge on any atom is -0.324 e. The molecule has 0 aliphatic carbocycles. The van der Waals surface area contributed by atoms with Gasteiger partial charge in [0.15, 0.2) is 0 Å². The summed E-state index contributed by atoms with van der Waals surface area (Å²) in [6, 6.07) is 29.6. The van der Waals surface area contributed by atoms with Crippen LogP contribution in [0.25, 0.3) is 10.9 Å². The van der Waals surface area contributed by atoms with Crippen molar-refractivity contribution < 1.29 is 4.79 Å². The van der Waals surface area contributed by atoms with E-state index in [1.54, 1.807) is 6.20 Å². The third kappa shape index (κ3) is 6.09. The monoisotopic (exact) mass is 472 g/mol. The zero-order chi connectivity index (χ0) is 23.3. The molecular formula is C28H29ClN2OSi. The molecule has 1 atom stereocenters. The molecule has 0 spiro atoms. The zero-order valence-electron chi connectivity index (χ0n) is 19.1. The Labute approximate surface area is 201 Å². The summed E-state index contributed by atoms with van der Waals surface area (Å²) in [6.45, 7) is 4.79. The predicted octanol–water partition coefficient (Wildman–Crippen LogP) is 6.69.